The van der Waals surface area contributed by atoms with Crippen LogP contribution in [0.4, 0.5) is 5.69 Å². The summed E-state index contributed by atoms with van der Waals surface area (Å²) >= 11 is 6.06. The molecule has 1 N–H and O–H groups in total. The van der Waals surface area contributed by atoms with Gasteiger partial charge in [0.25, 0.3) is 0 Å². The molecule has 0 aliphatic carbocycles. The molecule has 1 aliphatic heterocycles. The van der Waals surface area contributed by atoms with Gasteiger partial charge in [0.1, 0.15) is 12.7 Å². The molecule has 6 heteroatoms. The Hall–Kier alpha value is -1.59. The van der Waals surface area contributed by atoms with E-state index in [0.717, 1.165) is 37.6 Å². The largest absolute Gasteiger partial charge is 0.383 e. The molecule has 0 radical (unpaired) electrons. The van der Waals surface area contributed by atoms with E-state index in [0.29, 0.717) is 10.9 Å². The van der Waals surface area contributed by atoms with Gasteiger partial charge >= 0.3 is 0 Å². The van der Waals surface area contributed by atoms with E-state index in [4.69, 9.17) is 16.3 Å². The van der Waals surface area contributed by atoms with E-state index < -0.39 is 0 Å². The predicted octanol–water partition coefficient (Wildman–Crippen LogP) is 2.37. The first kappa shape index (κ1) is 12.4. The maximum absolute atomic E-state index is 6.06. The third kappa shape index (κ3) is 2.88. The molecule has 5 nitrogen and oxygen atoms in total. The summed E-state index contributed by atoms with van der Waals surface area (Å²) in [5, 5.41) is 8.29. The number of halogens is 1. The molecule has 1 aromatic heterocycles. The van der Waals surface area contributed by atoms with Gasteiger partial charge in [-0.05, 0) is 24.6 Å². The zero-order valence-corrected chi connectivity index (χ0v) is 11.2. The molecule has 1 aromatic carbocycles. The molecule has 1 unspecified atom stereocenters. The van der Waals surface area contributed by atoms with Gasteiger partial charge < -0.3 is 10.1 Å². The Morgan fingerprint density at radius 2 is 2.42 bits per heavy atom. The Balaban J connectivity index is 1.80. The predicted molar refractivity (Wildman–Crippen MR) is 73.8 cm³/mol. The minimum absolute atomic E-state index is 0.558. The molecule has 0 saturated carbocycles. The number of nitrogens with zero attached hydrogens (tertiary/aromatic N) is 3. The summed E-state index contributed by atoms with van der Waals surface area (Å²) in [5.41, 5.74) is 1.91. The van der Waals surface area contributed by atoms with Crippen molar-refractivity contribution in [2.24, 2.45) is 5.92 Å². The number of rotatable bonds is 4. The topological polar surface area (TPSA) is 52.0 Å². The maximum Gasteiger partial charge on any atom is 0.138 e. The van der Waals surface area contributed by atoms with E-state index in [-0.39, 0.29) is 0 Å². The van der Waals surface area contributed by atoms with Crippen molar-refractivity contribution in [3.05, 3.63) is 35.9 Å². The van der Waals surface area contributed by atoms with Crippen LogP contribution in [0.5, 0.6) is 0 Å². The fraction of sp³-hybridized carbons (Fsp3) is 0.385. The Kier molecular flexibility index (Phi) is 3.66. The van der Waals surface area contributed by atoms with Gasteiger partial charge in [0.2, 0.25) is 0 Å². The summed E-state index contributed by atoms with van der Waals surface area (Å²) in [4.78, 5) is 3.97. The number of aromatic nitrogens is 3. The van der Waals surface area contributed by atoms with Crippen LogP contribution in [0.3, 0.4) is 0 Å². The average molecular weight is 279 g/mol. The molecular weight excluding hydrogens is 264 g/mol. The molecule has 2 heterocycles. The summed E-state index contributed by atoms with van der Waals surface area (Å²) in [6, 6.07) is 5.70. The second-order valence-electron chi connectivity index (χ2n) is 4.61. The standard InChI is InChI=1S/C13H15ClN4O/c14-11-1-2-13(18-9-15-8-17-18)12(5-11)16-6-10-3-4-19-7-10/h1-2,5,8-10,16H,3-4,6-7H2. The van der Waals surface area contributed by atoms with Crippen LogP contribution in [0, 0.1) is 5.92 Å². The quantitative estimate of drug-likeness (QED) is 0.933. The van der Waals surface area contributed by atoms with Gasteiger partial charge in [0.05, 0.1) is 18.0 Å². The van der Waals surface area contributed by atoms with Crippen LogP contribution < -0.4 is 5.32 Å². The van der Waals surface area contributed by atoms with E-state index in [2.05, 4.69) is 15.4 Å². The van der Waals surface area contributed by atoms with Crippen molar-refractivity contribution in [3.63, 3.8) is 0 Å². The van der Waals surface area contributed by atoms with Crippen molar-refractivity contribution >= 4 is 17.3 Å². The molecule has 1 atom stereocenters. The van der Waals surface area contributed by atoms with Gasteiger partial charge in [-0.25, -0.2) is 9.67 Å². The molecule has 0 amide bonds. The fourth-order valence-electron chi connectivity index (χ4n) is 2.18. The molecule has 1 aliphatic rings. The lowest BCUT2D eigenvalue weighted by Gasteiger charge is -2.14. The normalized spacial score (nSPS) is 18.7. The minimum Gasteiger partial charge on any atom is -0.383 e. The van der Waals surface area contributed by atoms with Crippen LogP contribution in [0.15, 0.2) is 30.9 Å². The number of nitrogens with one attached hydrogen (secondary N) is 1. The second kappa shape index (κ2) is 5.59. The van der Waals surface area contributed by atoms with Crippen molar-refractivity contribution in [2.75, 3.05) is 25.1 Å². The molecule has 1 saturated heterocycles. The van der Waals surface area contributed by atoms with Crippen LogP contribution in [-0.2, 0) is 4.74 Å². The lowest BCUT2D eigenvalue weighted by molar-refractivity contribution is 0.187. The number of hydrogen-bond acceptors (Lipinski definition) is 4. The molecule has 1 fully saturated rings. The van der Waals surface area contributed by atoms with Crippen LogP contribution in [0.25, 0.3) is 5.69 Å². The first-order valence-corrected chi connectivity index (χ1v) is 6.67. The van der Waals surface area contributed by atoms with Crippen molar-refractivity contribution in [1.29, 1.82) is 0 Å². The lowest BCUT2D eigenvalue weighted by Crippen LogP contribution is -2.15. The maximum atomic E-state index is 6.06. The van der Waals surface area contributed by atoms with Gasteiger partial charge in [-0.1, -0.05) is 11.6 Å². The minimum atomic E-state index is 0.558. The highest BCUT2D eigenvalue weighted by atomic mass is 35.5. The van der Waals surface area contributed by atoms with E-state index in [1.54, 1.807) is 11.0 Å². The van der Waals surface area contributed by atoms with Crippen molar-refractivity contribution in [3.8, 4) is 5.69 Å². The molecule has 100 valence electrons. The monoisotopic (exact) mass is 278 g/mol. The Bertz CT molecular complexity index is 538. The summed E-state index contributed by atoms with van der Waals surface area (Å²) in [5.74, 6) is 0.558. The van der Waals surface area contributed by atoms with Gasteiger partial charge in [-0.2, -0.15) is 5.10 Å². The first-order chi connectivity index (χ1) is 9.33. The highest BCUT2D eigenvalue weighted by Crippen LogP contribution is 2.24. The van der Waals surface area contributed by atoms with Crippen molar-refractivity contribution in [2.45, 2.75) is 6.42 Å². The van der Waals surface area contributed by atoms with Crippen LogP contribution >= 0.6 is 11.6 Å². The third-order valence-corrected chi connectivity index (χ3v) is 3.46. The molecule has 3 rings (SSSR count). The van der Waals surface area contributed by atoms with E-state index >= 15 is 0 Å². The molecular formula is C13H15ClN4O. The summed E-state index contributed by atoms with van der Waals surface area (Å²) in [6.07, 6.45) is 4.29. The van der Waals surface area contributed by atoms with Gasteiger partial charge in [-0.15, -0.1) is 0 Å². The summed E-state index contributed by atoms with van der Waals surface area (Å²) in [6.45, 7) is 2.56. The van der Waals surface area contributed by atoms with E-state index in [9.17, 15) is 0 Å². The molecule has 2 aromatic rings. The number of benzene rings is 1. The Morgan fingerprint density at radius 1 is 1.47 bits per heavy atom. The van der Waals surface area contributed by atoms with Gasteiger partial charge in [-0.3, -0.25) is 0 Å². The number of anilines is 1. The van der Waals surface area contributed by atoms with Gasteiger partial charge in [0.15, 0.2) is 0 Å². The third-order valence-electron chi connectivity index (χ3n) is 3.23. The summed E-state index contributed by atoms with van der Waals surface area (Å²) in [7, 11) is 0. The zero-order valence-electron chi connectivity index (χ0n) is 10.4. The zero-order chi connectivity index (χ0) is 13.1. The summed E-state index contributed by atoms with van der Waals surface area (Å²) < 4.78 is 7.10. The van der Waals surface area contributed by atoms with E-state index in [1.807, 2.05) is 18.2 Å². The highest BCUT2D eigenvalue weighted by Gasteiger charge is 2.16. The van der Waals surface area contributed by atoms with Crippen LogP contribution in [-0.4, -0.2) is 34.5 Å². The lowest BCUT2D eigenvalue weighted by atomic mass is 10.1. The smallest absolute Gasteiger partial charge is 0.138 e. The van der Waals surface area contributed by atoms with Crippen LogP contribution in [0.1, 0.15) is 6.42 Å². The SMILES string of the molecule is Clc1ccc(-n2cncn2)c(NCC2CCOC2)c1. The Morgan fingerprint density at radius 3 is 3.16 bits per heavy atom. The first-order valence-electron chi connectivity index (χ1n) is 6.29. The molecule has 0 bridgehead atoms. The Labute approximate surface area is 116 Å². The fourth-order valence-corrected chi connectivity index (χ4v) is 2.35. The van der Waals surface area contributed by atoms with Crippen LogP contribution in [0.2, 0.25) is 5.02 Å². The average Bonchev–Trinajstić information content (AvgIpc) is 3.10. The van der Waals surface area contributed by atoms with Gasteiger partial charge in [0, 0.05) is 24.1 Å². The molecule has 0 spiro atoms. The highest BCUT2D eigenvalue weighted by molar-refractivity contribution is 6.31. The van der Waals surface area contributed by atoms with Crippen molar-refractivity contribution < 1.29 is 4.74 Å². The van der Waals surface area contributed by atoms with Crippen molar-refractivity contribution in [1.82, 2.24) is 14.8 Å². The number of ether oxygens (including phenoxy) is 1. The second-order valence-corrected chi connectivity index (χ2v) is 5.05. The molecule has 19 heavy (non-hydrogen) atoms. The number of hydrogen-bond donors (Lipinski definition) is 1. The van der Waals surface area contributed by atoms with E-state index in [1.165, 1.54) is 6.33 Å².